The molecule has 1 heterocycles. The van der Waals surface area contributed by atoms with Crippen LogP contribution in [0.2, 0.25) is 0 Å². The lowest BCUT2D eigenvalue weighted by molar-refractivity contribution is 0.117. The van der Waals surface area contributed by atoms with Crippen molar-refractivity contribution in [3.8, 4) is 0 Å². The highest BCUT2D eigenvalue weighted by molar-refractivity contribution is 4.68. The van der Waals surface area contributed by atoms with Crippen LogP contribution >= 0.6 is 0 Å². The first-order valence-electron chi connectivity index (χ1n) is 6.24. The Labute approximate surface area is 89.4 Å². The highest BCUT2D eigenvalue weighted by Crippen LogP contribution is 2.09. The average Bonchev–Trinajstić information content (AvgIpc) is 2.19. The van der Waals surface area contributed by atoms with Gasteiger partial charge in [0.2, 0.25) is 0 Å². The van der Waals surface area contributed by atoms with Crippen molar-refractivity contribution in [1.82, 2.24) is 5.32 Å². The summed E-state index contributed by atoms with van der Waals surface area (Å²) in [4.78, 5) is 0. The molecule has 0 aromatic carbocycles. The van der Waals surface area contributed by atoms with Crippen LogP contribution in [0.4, 0.5) is 0 Å². The Balaban J connectivity index is 0.000000791. The van der Waals surface area contributed by atoms with Crippen LogP contribution in [0.25, 0.3) is 0 Å². The number of nitrogens with one attached hydrogen (secondary N) is 1. The topological polar surface area (TPSA) is 21.3 Å². The molecule has 1 aliphatic rings. The van der Waals surface area contributed by atoms with Crippen molar-refractivity contribution < 1.29 is 4.74 Å². The van der Waals surface area contributed by atoms with Crippen LogP contribution < -0.4 is 5.32 Å². The molecule has 0 amide bonds. The number of rotatable bonds is 3. The van der Waals surface area contributed by atoms with Crippen molar-refractivity contribution in [1.29, 1.82) is 0 Å². The summed E-state index contributed by atoms with van der Waals surface area (Å²) >= 11 is 0. The molecule has 0 aliphatic carbocycles. The van der Waals surface area contributed by atoms with Crippen LogP contribution in [0.3, 0.4) is 0 Å². The zero-order valence-corrected chi connectivity index (χ0v) is 10.1. The first-order valence-corrected chi connectivity index (χ1v) is 6.24. The summed E-state index contributed by atoms with van der Waals surface area (Å²) in [5, 5.41) is 3.53. The van der Waals surface area contributed by atoms with Crippen LogP contribution in [0.15, 0.2) is 0 Å². The van der Waals surface area contributed by atoms with Crippen LogP contribution in [0.5, 0.6) is 0 Å². The van der Waals surface area contributed by atoms with Gasteiger partial charge in [-0.25, -0.2) is 0 Å². The molecular formula is C12H27NO. The quantitative estimate of drug-likeness (QED) is 0.758. The van der Waals surface area contributed by atoms with Crippen LogP contribution in [0.1, 0.15) is 52.9 Å². The van der Waals surface area contributed by atoms with Gasteiger partial charge in [-0.05, 0) is 26.3 Å². The molecule has 2 nitrogen and oxygen atoms in total. The molecule has 1 N–H and O–H groups in total. The molecule has 1 atom stereocenters. The number of ether oxygens (including phenoxy) is 1. The van der Waals surface area contributed by atoms with Crippen molar-refractivity contribution in [3.63, 3.8) is 0 Å². The molecule has 14 heavy (non-hydrogen) atoms. The maximum atomic E-state index is 5.41. The van der Waals surface area contributed by atoms with Gasteiger partial charge in [-0.1, -0.05) is 33.1 Å². The third-order valence-corrected chi connectivity index (χ3v) is 2.44. The molecule has 1 unspecified atom stereocenters. The van der Waals surface area contributed by atoms with E-state index in [0.29, 0.717) is 6.04 Å². The van der Waals surface area contributed by atoms with Gasteiger partial charge in [-0.3, -0.25) is 0 Å². The molecule has 1 fully saturated rings. The van der Waals surface area contributed by atoms with E-state index in [-0.39, 0.29) is 0 Å². The van der Waals surface area contributed by atoms with Gasteiger partial charge in [-0.2, -0.15) is 0 Å². The fourth-order valence-electron chi connectivity index (χ4n) is 1.68. The molecule has 1 rings (SSSR count). The predicted molar refractivity (Wildman–Crippen MR) is 62.7 cm³/mol. The van der Waals surface area contributed by atoms with Gasteiger partial charge < -0.3 is 10.1 Å². The van der Waals surface area contributed by atoms with E-state index >= 15 is 0 Å². The molecule has 86 valence electrons. The third-order valence-electron chi connectivity index (χ3n) is 2.44. The summed E-state index contributed by atoms with van der Waals surface area (Å²) in [6.07, 6.45) is 6.80. The fraction of sp³-hybridized carbons (Fsp3) is 1.00. The maximum Gasteiger partial charge on any atom is 0.0619 e. The molecule has 1 saturated heterocycles. The Hall–Kier alpha value is -0.0800. The maximum absolute atomic E-state index is 5.41. The smallest absolute Gasteiger partial charge is 0.0619 e. The minimum absolute atomic E-state index is 0.616. The van der Waals surface area contributed by atoms with Crippen molar-refractivity contribution in [3.05, 3.63) is 0 Å². The zero-order valence-electron chi connectivity index (χ0n) is 10.1. The van der Waals surface area contributed by atoms with E-state index in [1.165, 1.54) is 38.6 Å². The van der Waals surface area contributed by atoms with Gasteiger partial charge in [0, 0.05) is 12.6 Å². The molecular weight excluding hydrogens is 174 g/mol. The first kappa shape index (κ1) is 13.9. The lowest BCUT2D eigenvalue weighted by Gasteiger charge is -2.20. The highest BCUT2D eigenvalue weighted by atomic mass is 16.5. The number of hydrogen-bond donors (Lipinski definition) is 1. The standard InChI is InChI=1S/C10H21NO.C2H6/c1-2-12-9-10-7-5-3-4-6-8-11-10;1-2/h10-11H,2-9H2,1H3;1-2H3. The minimum atomic E-state index is 0.616. The molecule has 0 saturated carbocycles. The van der Waals surface area contributed by atoms with E-state index in [1.807, 2.05) is 13.8 Å². The average molecular weight is 201 g/mol. The summed E-state index contributed by atoms with van der Waals surface area (Å²) in [6.45, 7) is 8.98. The molecule has 0 aromatic rings. The SMILES string of the molecule is CC.CCOCC1CCCCCCN1. The van der Waals surface area contributed by atoms with E-state index in [9.17, 15) is 0 Å². The summed E-state index contributed by atoms with van der Waals surface area (Å²) in [6, 6.07) is 0.616. The van der Waals surface area contributed by atoms with Gasteiger partial charge in [-0.15, -0.1) is 0 Å². The molecule has 0 bridgehead atoms. The highest BCUT2D eigenvalue weighted by Gasteiger charge is 2.09. The lowest BCUT2D eigenvalue weighted by Crippen LogP contribution is -2.35. The Morgan fingerprint density at radius 3 is 2.57 bits per heavy atom. The van der Waals surface area contributed by atoms with E-state index in [0.717, 1.165) is 13.2 Å². The minimum Gasteiger partial charge on any atom is -0.380 e. The van der Waals surface area contributed by atoms with E-state index < -0.39 is 0 Å². The molecule has 0 radical (unpaired) electrons. The fourth-order valence-corrected chi connectivity index (χ4v) is 1.68. The lowest BCUT2D eigenvalue weighted by atomic mass is 10.0. The van der Waals surface area contributed by atoms with E-state index in [1.54, 1.807) is 0 Å². The third kappa shape index (κ3) is 7.34. The Kier molecular flexibility index (Phi) is 10.9. The van der Waals surface area contributed by atoms with E-state index in [2.05, 4.69) is 12.2 Å². The van der Waals surface area contributed by atoms with Crippen LogP contribution in [-0.4, -0.2) is 25.8 Å². The van der Waals surface area contributed by atoms with E-state index in [4.69, 9.17) is 4.74 Å². The van der Waals surface area contributed by atoms with Gasteiger partial charge in [0.1, 0.15) is 0 Å². The molecule has 2 heteroatoms. The number of hydrogen-bond acceptors (Lipinski definition) is 2. The first-order chi connectivity index (χ1) is 6.93. The summed E-state index contributed by atoms with van der Waals surface area (Å²) in [7, 11) is 0. The Morgan fingerprint density at radius 2 is 1.86 bits per heavy atom. The largest absolute Gasteiger partial charge is 0.380 e. The molecule has 1 aliphatic heterocycles. The summed E-state index contributed by atoms with van der Waals surface area (Å²) < 4.78 is 5.41. The normalized spacial score (nSPS) is 22.9. The monoisotopic (exact) mass is 201 g/mol. The molecule has 0 spiro atoms. The van der Waals surface area contributed by atoms with Crippen molar-refractivity contribution >= 4 is 0 Å². The van der Waals surface area contributed by atoms with Crippen LogP contribution in [-0.2, 0) is 4.74 Å². The van der Waals surface area contributed by atoms with Gasteiger partial charge in [0.05, 0.1) is 6.61 Å². The summed E-state index contributed by atoms with van der Waals surface area (Å²) in [5.41, 5.74) is 0. The van der Waals surface area contributed by atoms with Crippen molar-refractivity contribution in [2.75, 3.05) is 19.8 Å². The Morgan fingerprint density at radius 1 is 1.14 bits per heavy atom. The van der Waals surface area contributed by atoms with Crippen molar-refractivity contribution in [2.45, 2.75) is 58.9 Å². The van der Waals surface area contributed by atoms with Crippen molar-refractivity contribution in [2.24, 2.45) is 0 Å². The predicted octanol–water partition coefficient (Wildman–Crippen LogP) is 2.97. The van der Waals surface area contributed by atoms with Gasteiger partial charge >= 0.3 is 0 Å². The van der Waals surface area contributed by atoms with Gasteiger partial charge in [0.25, 0.3) is 0 Å². The second kappa shape index (κ2) is 11.0. The zero-order chi connectivity index (χ0) is 10.6. The second-order valence-electron chi connectivity index (χ2n) is 3.51. The summed E-state index contributed by atoms with van der Waals surface area (Å²) in [5.74, 6) is 0. The molecule has 0 aromatic heterocycles. The Bertz CT molecular complexity index is 95.7. The second-order valence-corrected chi connectivity index (χ2v) is 3.51. The van der Waals surface area contributed by atoms with Crippen LogP contribution in [0, 0.1) is 0 Å². The van der Waals surface area contributed by atoms with Gasteiger partial charge in [0.15, 0.2) is 0 Å².